The summed E-state index contributed by atoms with van der Waals surface area (Å²) in [5.74, 6) is 5.53. The lowest BCUT2D eigenvalue weighted by Gasteiger charge is -2.58. The van der Waals surface area contributed by atoms with Gasteiger partial charge in [0.05, 0.1) is 4.90 Å². The number of nitrogens with zero attached hydrogens (tertiary/aromatic N) is 1. The van der Waals surface area contributed by atoms with E-state index in [1.807, 2.05) is 12.5 Å². The highest BCUT2D eigenvalue weighted by Gasteiger charge is 2.59. The molecule has 2 aromatic carbocycles. The van der Waals surface area contributed by atoms with Crippen molar-refractivity contribution in [1.82, 2.24) is 0 Å². The molecule has 260 valence electrons. The lowest BCUT2D eigenvalue weighted by molar-refractivity contribution is -0.700. The van der Waals surface area contributed by atoms with Crippen LogP contribution < -0.4 is 4.57 Å². The van der Waals surface area contributed by atoms with E-state index in [4.69, 9.17) is 0 Å². The largest absolute Gasteiger partial charge is 0.744 e. The second-order valence-corrected chi connectivity index (χ2v) is 18.3. The lowest BCUT2D eigenvalue weighted by atomic mass is 9.47. The summed E-state index contributed by atoms with van der Waals surface area (Å²) in [6.45, 7) is 14.6. The Bertz CT molecular complexity index is 1710. The molecule has 3 aromatic rings. The van der Waals surface area contributed by atoms with E-state index >= 15 is 0 Å². The zero-order valence-electron chi connectivity index (χ0n) is 30.3. The zero-order chi connectivity index (χ0) is 34.3. The number of aromatic nitrogens is 1. The van der Waals surface area contributed by atoms with Gasteiger partial charge in [0.2, 0.25) is 5.52 Å². The Balaban J connectivity index is 0.000000312. The first kappa shape index (κ1) is 35.3. The highest BCUT2D eigenvalue weighted by atomic mass is 32.2. The number of para-hydroxylation sites is 1. The molecule has 3 fully saturated rings. The van der Waals surface area contributed by atoms with Crippen molar-refractivity contribution in [3.63, 3.8) is 0 Å². The second kappa shape index (κ2) is 14.0. The van der Waals surface area contributed by atoms with Gasteiger partial charge >= 0.3 is 0 Å². The fraction of sp³-hybridized carbons (Fsp3) is 0.605. The van der Waals surface area contributed by atoms with Crippen LogP contribution in [0.2, 0.25) is 0 Å². The van der Waals surface area contributed by atoms with Gasteiger partial charge in [-0.3, -0.25) is 0 Å². The normalized spacial score (nSPS) is 32.0. The molecule has 0 saturated heterocycles. The highest BCUT2D eigenvalue weighted by Crippen LogP contribution is 2.67. The van der Waals surface area contributed by atoms with Crippen LogP contribution in [0.25, 0.3) is 10.9 Å². The molecule has 4 aliphatic rings. The van der Waals surface area contributed by atoms with Crippen LogP contribution in [0.15, 0.2) is 83.4 Å². The average Bonchev–Trinajstić information content (AvgIpc) is 3.41. The van der Waals surface area contributed by atoms with Crippen molar-refractivity contribution in [3.05, 3.63) is 84.1 Å². The summed E-state index contributed by atoms with van der Waals surface area (Å²) in [5, 5.41) is 1.37. The van der Waals surface area contributed by atoms with E-state index in [9.17, 15) is 13.0 Å². The zero-order valence-corrected chi connectivity index (χ0v) is 31.1. The van der Waals surface area contributed by atoms with Crippen molar-refractivity contribution in [2.24, 2.45) is 46.3 Å². The maximum Gasteiger partial charge on any atom is 0.212 e. The second-order valence-electron chi connectivity index (χ2n) is 16.9. The molecule has 0 radical (unpaired) electrons. The third-order valence-corrected chi connectivity index (χ3v) is 14.6. The smallest absolute Gasteiger partial charge is 0.212 e. The van der Waals surface area contributed by atoms with Crippen LogP contribution in [0.1, 0.15) is 117 Å². The number of allylic oxidation sites excluding steroid dienone is 2. The number of aryl methyl sites for hydroxylation is 1. The molecule has 8 atom stereocenters. The summed E-state index contributed by atoms with van der Waals surface area (Å²) in [6.07, 6.45) is 20.7. The molecule has 0 amide bonds. The van der Waals surface area contributed by atoms with Crippen molar-refractivity contribution in [2.75, 3.05) is 0 Å². The summed E-state index contributed by atoms with van der Waals surface area (Å²) in [6, 6.07) is 19.9. The molecule has 0 N–H and O–H groups in total. The van der Waals surface area contributed by atoms with Gasteiger partial charge in [0.15, 0.2) is 12.2 Å². The van der Waals surface area contributed by atoms with Gasteiger partial charge < -0.3 is 4.55 Å². The van der Waals surface area contributed by atoms with E-state index in [1.165, 1.54) is 93.7 Å². The van der Waals surface area contributed by atoms with E-state index < -0.39 is 10.1 Å². The Kier molecular flexibility index (Phi) is 10.3. The number of pyridine rings is 1. The van der Waals surface area contributed by atoms with Crippen molar-refractivity contribution in [3.8, 4) is 0 Å². The molecule has 0 aliphatic heterocycles. The summed E-state index contributed by atoms with van der Waals surface area (Å²) in [7, 11) is -4.27. The maximum atomic E-state index is 10.4. The standard InChI is InChI=1S/C36H52N.C7H8O3S/c1-25(2)10-8-11-26(3)31-17-18-32-30-16-15-28-24-29(37-23-9-13-27-12-6-7-14-34(27)37)19-21-35(28,4)33(30)20-22-36(31,32)5;1-6-2-4-7(5-3-6)11(8,9)10/h6-7,9,12-15,23,25-26,29-33H,8,10-11,16-22,24H2,1-5H3;2-5H,1H3,(H,8,9,10)/q+1;/p-1. The minimum Gasteiger partial charge on any atom is -0.744 e. The number of fused-ring (bicyclic) bond motifs is 6. The van der Waals surface area contributed by atoms with E-state index in [0.29, 0.717) is 16.9 Å². The van der Waals surface area contributed by atoms with Crippen LogP contribution in [0.5, 0.6) is 0 Å². The predicted molar refractivity (Wildman–Crippen MR) is 195 cm³/mol. The average molecular weight is 670 g/mol. The van der Waals surface area contributed by atoms with Crippen LogP contribution in [-0.4, -0.2) is 13.0 Å². The molecule has 5 heteroatoms. The lowest BCUT2D eigenvalue weighted by Crippen LogP contribution is -2.52. The Labute approximate surface area is 291 Å². The quantitative estimate of drug-likeness (QED) is 0.143. The number of rotatable bonds is 7. The van der Waals surface area contributed by atoms with Crippen LogP contribution in [-0.2, 0) is 10.1 Å². The Morgan fingerprint density at radius 1 is 0.875 bits per heavy atom. The molecule has 1 heterocycles. The Morgan fingerprint density at radius 2 is 1.60 bits per heavy atom. The monoisotopic (exact) mass is 669 g/mol. The Hall–Kier alpha value is -2.50. The number of hydrogen-bond donors (Lipinski definition) is 0. The molecule has 4 aliphatic carbocycles. The molecule has 0 bridgehead atoms. The minimum atomic E-state index is -4.27. The first-order valence-corrected chi connectivity index (χ1v) is 20.3. The fourth-order valence-corrected chi connectivity index (χ4v) is 11.6. The van der Waals surface area contributed by atoms with E-state index in [2.05, 4.69) is 87.9 Å². The molecule has 8 unspecified atom stereocenters. The van der Waals surface area contributed by atoms with Gasteiger partial charge in [-0.05, 0) is 116 Å². The van der Waals surface area contributed by atoms with Crippen molar-refractivity contribution < 1.29 is 17.5 Å². The van der Waals surface area contributed by atoms with Gasteiger partial charge in [0, 0.05) is 30.4 Å². The van der Waals surface area contributed by atoms with E-state index in [0.717, 1.165) is 41.1 Å². The van der Waals surface area contributed by atoms with Crippen LogP contribution in [0.4, 0.5) is 0 Å². The van der Waals surface area contributed by atoms with E-state index in [-0.39, 0.29) is 4.90 Å². The van der Waals surface area contributed by atoms with Crippen molar-refractivity contribution in [1.29, 1.82) is 0 Å². The van der Waals surface area contributed by atoms with Gasteiger partial charge in [-0.2, -0.15) is 4.57 Å². The highest BCUT2D eigenvalue weighted by molar-refractivity contribution is 7.85. The van der Waals surface area contributed by atoms with Crippen LogP contribution >= 0.6 is 0 Å². The molecule has 3 saturated carbocycles. The number of benzene rings is 2. The Morgan fingerprint density at radius 3 is 2.33 bits per heavy atom. The van der Waals surface area contributed by atoms with Gasteiger partial charge in [-0.15, -0.1) is 0 Å². The molecule has 48 heavy (non-hydrogen) atoms. The number of hydrogen-bond acceptors (Lipinski definition) is 3. The molecule has 4 nitrogen and oxygen atoms in total. The maximum absolute atomic E-state index is 10.4. The SMILES string of the molecule is CC(C)CCCC(C)C1CCC2C3CC=C4CC([n+]5cccc6ccccc65)CCC4(C)C3CCC12C.Cc1ccc(S(=O)(=O)[O-])cc1. The summed E-state index contributed by atoms with van der Waals surface area (Å²) >= 11 is 0. The summed E-state index contributed by atoms with van der Waals surface area (Å²) in [5.41, 5.74) is 5.17. The van der Waals surface area contributed by atoms with Gasteiger partial charge in [-0.1, -0.05) is 95.4 Å². The molecule has 0 spiro atoms. The van der Waals surface area contributed by atoms with Crippen LogP contribution in [0, 0.1) is 53.3 Å². The van der Waals surface area contributed by atoms with Gasteiger partial charge in [-0.25, -0.2) is 8.42 Å². The first-order valence-electron chi connectivity index (χ1n) is 18.9. The van der Waals surface area contributed by atoms with Crippen molar-refractivity contribution in [2.45, 2.75) is 123 Å². The third kappa shape index (κ3) is 6.93. The fourth-order valence-electron chi connectivity index (χ4n) is 11.1. The third-order valence-electron chi connectivity index (χ3n) is 13.7. The van der Waals surface area contributed by atoms with Crippen molar-refractivity contribution >= 4 is 21.0 Å². The molecule has 7 rings (SSSR count). The van der Waals surface area contributed by atoms with Crippen LogP contribution in [0.3, 0.4) is 0 Å². The molecular weight excluding hydrogens is 611 g/mol. The topological polar surface area (TPSA) is 61.1 Å². The summed E-state index contributed by atoms with van der Waals surface area (Å²) < 4.78 is 33.8. The molecule has 1 aromatic heterocycles. The first-order chi connectivity index (χ1) is 22.8. The van der Waals surface area contributed by atoms with E-state index in [1.54, 1.807) is 12.1 Å². The minimum absolute atomic E-state index is 0.178. The summed E-state index contributed by atoms with van der Waals surface area (Å²) in [4.78, 5) is -0.178. The van der Waals surface area contributed by atoms with Gasteiger partial charge in [0.25, 0.3) is 0 Å². The van der Waals surface area contributed by atoms with Gasteiger partial charge in [0.1, 0.15) is 10.1 Å². The molecular formula is C43H59NO3S. The predicted octanol–water partition coefficient (Wildman–Crippen LogP) is 10.6.